The predicted octanol–water partition coefficient (Wildman–Crippen LogP) is 2.57. The number of nitrogens with two attached hydrogens (primary N) is 1. The van der Waals surface area contributed by atoms with Gasteiger partial charge in [-0.1, -0.05) is 15.9 Å². The van der Waals surface area contributed by atoms with E-state index in [9.17, 15) is 4.79 Å². The molecule has 0 spiro atoms. The number of benzene rings is 1. The molecule has 1 aromatic rings. The van der Waals surface area contributed by atoms with Crippen molar-refractivity contribution in [3.8, 4) is 0 Å². The molecule has 0 radical (unpaired) electrons. The quantitative estimate of drug-likeness (QED) is 0.623. The van der Waals surface area contributed by atoms with Crippen molar-refractivity contribution in [2.24, 2.45) is 0 Å². The lowest BCUT2D eigenvalue weighted by atomic mass is 10.1. The molecule has 3 N–H and O–H groups in total. The lowest BCUT2D eigenvalue weighted by Crippen LogP contribution is -2.28. The van der Waals surface area contributed by atoms with Crippen molar-refractivity contribution in [3.05, 3.63) is 27.7 Å². The fourth-order valence-corrected chi connectivity index (χ4v) is 2.34. The summed E-state index contributed by atoms with van der Waals surface area (Å²) in [7, 11) is 1.79. The molecular weight excluding hydrogens is 308 g/mol. The number of aliphatic hydroxyl groups excluding tert-OH is 1. The Balaban J connectivity index is 2.71. The van der Waals surface area contributed by atoms with E-state index in [1.165, 1.54) is 0 Å². The van der Waals surface area contributed by atoms with Gasteiger partial charge in [-0.2, -0.15) is 0 Å². The van der Waals surface area contributed by atoms with Gasteiger partial charge in [-0.15, -0.1) is 0 Å². The van der Waals surface area contributed by atoms with Crippen LogP contribution in [0.4, 0.5) is 5.69 Å². The second-order valence-corrected chi connectivity index (χ2v) is 5.59. The van der Waals surface area contributed by atoms with Crippen molar-refractivity contribution in [2.45, 2.75) is 26.2 Å². The van der Waals surface area contributed by atoms with Crippen LogP contribution in [0.5, 0.6) is 0 Å². The number of amides is 1. The predicted molar refractivity (Wildman–Crippen MR) is 81.2 cm³/mol. The Labute approximate surface area is 122 Å². The molecule has 0 bridgehead atoms. The Bertz CT molecular complexity index is 449. The summed E-state index contributed by atoms with van der Waals surface area (Å²) in [5.41, 5.74) is 7.94. The highest BCUT2D eigenvalue weighted by Crippen LogP contribution is 2.23. The molecule has 106 valence electrons. The minimum atomic E-state index is -0.0190. The van der Waals surface area contributed by atoms with Crippen molar-refractivity contribution < 1.29 is 9.90 Å². The largest absolute Gasteiger partial charge is 0.398 e. The average molecular weight is 329 g/mol. The molecule has 1 amide bonds. The van der Waals surface area contributed by atoms with Gasteiger partial charge in [0.05, 0.1) is 0 Å². The third kappa shape index (κ3) is 4.51. The number of carbonyl (C=O) groups excluding carboxylic acids is 1. The molecule has 5 heteroatoms. The van der Waals surface area contributed by atoms with Gasteiger partial charge in [0, 0.05) is 35.9 Å². The minimum absolute atomic E-state index is 0.0190. The summed E-state index contributed by atoms with van der Waals surface area (Å²) in [6, 6.07) is 3.60. The Morgan fingerprint density at radius 1 is 1.37 bits per heavy atom. The average Bonchev–Trinajstić information content (AvgIpc) is 2.37. The molecule has 0 aliphatic heterocycles. The normalized spacial score (nSPS) is 10.5. The molecule has 0 aliphatic carbocycles. The van der Waals surface area contributed by atoms with E-state index in [1.54, 1.807) is 24.1 Å². The van der Waals surface area contributed by atoms with Crippen LogP contribution in [0.3, 0.4) is 0 Å². The van der Waals surface area contributed by atoms with Gasteiger partial charge >= 0.3 is 0 Å². The number of halogens is 1. The van der Waals surface area contributed by atoms with Gasteiger partial charge in [-0.3, -0.25) is 4.79 Å². The van der Waals surface area contributed by atoms with Crippen LogP contribution in [0.1, 0.15) is 35.2 Å². The van der Waals surface area contributed by atoms with Gasteiger partial charge in [0.15, 0.2) is 0 Å². The third-order valence-electron chi connectivity index (χ3n) is 3.14. The monoisotopic (exact) mass is 328 g/mol. The summed E-state index contributed by atoms with van der Waals surface area (Å²) < 4.78 is 0.813. The molecule has 1 aromatic carbocycles. The van der Waals surface area contributed by atoms with Gasteiger partial charge in [-0.25, -0.2) is 0 Å². The standard InChI is InChI=1S/C14H21BrN2O2/c1-10-12(8-11(15)9-13(10)16)14(19)17(2)6-4-3-5-7-18/h8-9,18H,3-7,16H2,1-2H3. The second kappa shape index (κ2) is 7.50. The highest BCUT2D eigenvalue weighted by Gasteiger charge is 2.16. The summed E-state index contributed by atoms with van der Waals surface area (Å²) in [4.78, 5) is 14.0. The lowest BCUT2D eigenvalue weighted by molar-refractivity contribution is 0.0791. The smallest absolute Gasteiger partial charge is 0.253 e. The van der Waals surface area contributed by atoms with Gasteiger partial charge in [-0.05, 0) is 43.9 Å². The first kappa shape index (κ1) is 16.0. The lowest BCUT2D eigenvalue weighted by Gasteiger charge is -2.19. The van der Waals surface area contributed by atoms with Crippen molar-refractivity contribution in [3.63, 3.8) is 0 Å². The van der Waals surface area contributed by atoms with Gasteiger partial charge in [0.2, 0.25) is 0 Å². The maximum Gasteiger partial charge on any atom is 0.253 e. The van der Waals surface area contributed by atoms with E-state index in [2.05, 4.69) is 15.9 Å². The van der Waals surface area contributed by atoms with E-state index in [0.29, 0.717) is 17.8 Å². The number of aliphatic hydroxyl groups is 1. The van der Waals surface area contributed by atoms with Gasteiger partial charge in [0.25, 0.3) is 5.91 Å². The molecule has 0 aliphatic rings. The first-order valence-electron chi connectivity index (χ1n) is 6.39. The summed E-state index contributed by atoms with van der Waals surface area (Å²) >= 11 is 3.36. The molecule has 0 saturated carbocycles. The molecular formula is C14H21BrN2O2. The van der Waals surface area contributed by atoms with Crippen LogP contribution in [-0.2, 0) is 0 Å². The molecule has 0 atom stereocenters. The van der Waals surface area contributed by atoms with Crippen LogP contribution in [0.2, 0.25) is 0 Å². The first-order chi connectivity index (χ1) is 8.97. The van der Waals surface area contributed by atoms with Crippen LogP contribution in [0.15, 0.2) is 16.6 Å². The highest BCUT2D eigenvalue weighted by molar-refractivity contribution is 9.10. The topological polar surface area (TPSA) is 66.6 Å². The zero-order valence-electron chi connectivity index (χ0n) is 11.4. The zero-order chi connectivity index (χ0) is 14.4. The maximum absolute atomic E-state index is 12.3. The Morgan fingerprint density at radius 3 is 2.68 bits per heavy atom. The van der Waals surface area contributed by atoms with Crippen molar-refractivity contribution >= 4 is 27.5 Å². The van der Waals surface area contributed by atoms with Gasteiger partial charge in [0.1, 0.15) is 0 Å². The Morgan fingerprint density at radius 2 is 2.05 bits per heavy atom. The number of anilines is 1. The second-order valence-electron chi connectivity index (χ2n) is 4.68. The molecule has 19 heavy (non-hydrogen) atoms. The van der Waals surface area contributed by atoms with E-state index < -0.39 is 0 Å². The molecule has 4 nitrogen and oxygen atoms in total. The van der Waals surface area contributed by atoms with Crippen molar-refractivity contribution in [2.75, 3.05) is 25.9 Å². The minimum Gasteiger partial charge on any atom is -0.398 e. The van der Waals surface area contributed by atoms with Crippen LogP contribution < -0.4 is 5.73 Å². The van der Waals surface area contributed by atoms with Gasteiger partial charge < -0.3 is 15.7 Å². The van der Waals surface area contributed by atoms with E-state index >= 15 is 0 Å². The number of carbonyl (C=O) groups is 1. The number of nitrogens with zero attached hydrogens (tertiary/aromatic N) is 1. The van der Waals surface area contributed by atoms with E-state index in [4.69, 9.17) is 10.8 Å². The van der Waals surface area contributed by atoms with E-state index in [-0.39, 0.29) is 12.5 Å². The molecule has 0 fully saturated rings. The Hall–Kier alpha value is -1.07. The molecule has 1 rings (SSSR count). The number of hydrogen-bond acceptors (Lipinski definition) is 3. The third-order valence-corrected chi connectivity index (χ3v) is 3.60. The van der Waals surface area contributed by atoms with Crippen molar-refractivity contribution in [1.29, 1.82) is 0 Å². The summed E-state index contributed by atoms with van der Waals surface area (Å²) in [5, 5.41) is 8.72. The summed E-state index contributed by atoms with van der Waals surface area (Å²) in [6.45, 7) is 2.75. The van der Waals surface area contributed by atoms with E-state index in [0.717, 1.165) is 29.3 Å². The molecule has 0 aromatic heterocycles. The number of rotatable bonds is 6. The van der Waals surface area contributed by atoms with Crippen LogP contribution >= 0.6 is 15.9 Å². The van der Waals surface area contributed by atoms with E-state index in [1.807, 2.05) is 6.92 Å². The zero-order valence-corrected chi connectivity index (χ0v) is 13.0. The Kier molecular flexibility index (Phi) is 6.31. The first-order valence-corrected chi connectivity index (χ1v) is 7.18. The summed E-state index contributed by atoms with van der Waals surface area (Å²) in [6.07, 6.45) is 2.60. The molecule has 0 unspecified atom stereocenters. The van der Waals surface area contributed by atoms with Crippen LogP contribution in [-0.4, -0.2) is 36.1 Å². The molecule has 0 heterocycles. The van der Waals surface area contributed by atoms with Crippen LogP contribution in [0.25, 0.3) is 0 Å². The number of unbranched alkanes of at least 4 members (excludes halogenated alkanes) is 2. The SMILES string of the molecule is Cc1c(N)cc(Br)cc1C(=O)N(C)CCCCCO. The number of nitrogen functional groups attached to an aromatic ring is 1. The fourth-order valence-electron chi connectivity index (χ4n) is 1.87. The molecule has 0 saturated heterocycles. The maximum atomic E-state index is 12.3. The fraction of sp³-hybridized carbons (Fsp3) is 0.500. The number of hydrogen-bond donors (Lipinski definition) is 2. The highest BCUT2D eigenvalue weighted by atomic mass is 79.9. The van der Waals surface area contributed by atoms with Crippen molar-refractivity contribution in [1.82, 2.24) is 4.90 Å². The van der Waals surface area contributed by atoms with Crippen LogP contribution in [0, 0.1) is 6.92 Å². The summed E-state index contributed by atoms with van der Waals surface area (Å²) in [5.74, 6) is -0.0190.